The second kappa shape index (κ2) is 4.51. The molecule has 0 aliphatic heterocycles. The van der Waals surface area contributed by atoms with E-state index in [1.54, 1.807) is 29.4 Å². The Kier molecular flexibility index (Phi) is 2.99. The average Bonchev–Trinajstić information content (AvgIpc) is 2.91. The van der Waals surface area contributed by atoms with Gasteiger partial charge in [0.05, 0.1) is 16.6 Å². The number of carboxylic acids is 1. The summed E-state index contributed by atoms with van der Waals surface area (Å²) >= 11 is 3.30. The molecule has 0 bridgehead atoms. The fourth-order valence-corrected chi connectivity index (χ4v) is 4.20. The van der Waals surface area contributed by atoms with Gasteiger partial charge in [-0.25, -0.2) is 9.97 Å². The van der Waals surface area contributed by atoms with Gasteiger partial charge in [0, 0.05) is 5.75 Å². The summed E-state index contributed by atoms with van der Waals surface area (Å²) in [6.45, 7) is 0. The Morgan fingerprint density at radius 3 is 3.06 bits per heavy atom. The Hall–Kier alpha value is -1.14. The molecule has 2 aromatic rings. The van der Waals surface area contributed by atoms with Crippen LogP contribution < -0.4 is 0 Å². The smallest absolute Gasteiger partial charge is 0.303 e. The third-order valence-corrected chi connectivity index (χ3v) is 5.59. The summed E-state index contributed by atoms with van der Waals surface area (Å²) in [5, 5.41) is 11.9. The van der Waals surface area contributed by atoms with E-state index in [0.29, 0.717) is 0 Å². The minimum absolute atomic E-state index is 0.00499. The number of aromatic nitrogens is 2. The number of fused-ring (bicyclic) bond motifs is 1. The largest absolute Gasteiger partial charge is 0.481 e. The molecule has 4 nitrogen and oxygen atoms in total. The highest BCUT2D eigenvalue weighted by Gasteiger charge is 2.44. The van der Waals surface area contributed by atoms with Gasteiger partial charge >= 0.3 is 5.97 Å². The zero-order valence-corrected chi connectivity index (χ0v) is 11.3. The summed E-state index contributed by atoms with van der Waals surface area (Å²) in [7, 11) is 0. The Labute approximate surface area is 112 Å². The van der Waals surface area contributed by atoms with Crippen LogP contribution in [-0.4, -0.2) is 26.8 Å². The van der Waals surface area contributed by atoms with Gasteiger partial charge in [0.1, 0.15) is 11.4 Å². The lowest BCUT2D eigenvalue weighted by Crippen LogP contribution is -2.11. The van der Waals surface area contributed by atoms with E-state index in [0.717, 1.165) is 33.8 Å². The molecule has 94 valence electrons. The molecular formula is C12H12N2O2S2. The molecule has 0 atom stereocenters. The number of carbonyl (C=O) groups is 1. The predicted octanol–water partition coefficient (Wildman–Crippen LogP) is 3.04. The molecule has 0 aromatic carbocycles. The minimum Gasteiger partial charge on any atom is -0.481 e. The van der Waals surface area contributed by atoms with Gasteiger partial charge in [-0.2, -0.15) is 0 Å². The molecular weight excluding hydrogens is 268 g/mol. The molecule has 1 saturated carbocycles. The predicted molar refractivity (Wildman–Crippen MR) is 72.1 cm³/mol. The van der Waals surface area contributed by atoms with Gasteiger partial charge in [-0.1, -0.05) is 0 Å². The SMILES string of the molecule is O=C(O)CC1(CSc2ncnc3ccsc23)CC1. The maximum absolute atomic E-state index is 10.8. The van der Waals surface area contributed by atoms with Gasteiger partial charge in [0.2, 0.25) is 0 Å². The Morgan fingerprint density at radius 2 is 2.33 bits per heavy atom. The van der Waals surface area contributed by atoms with Crippen molar-refractivity contribution in [1.82, 2.24) is 9.97 Å². The first-order chi connectivity index (χ1) is 8.69. The van der Waals surface area contributed by atoms with E-state index in [1.165, 1.54) is 0 Å². The zero-order valence-electron chi connectivity index (χ0n) is 9.63. The van der Waals surface area contributed by atoms with Crippen molar-refractivity contribution in [3.8, 4) is 0 Å². The Bertz CT molecular complexity index is 593. The second-order valence-electron chi connectivity index (χ2n) is 4.67. The molecule has 0 spiro atoms. The van der Waals surface area contributed by atoms with Crippen LogP contribution in [0.5, 0.6) is 0 Å². The lowest BCUT2D eigenvalue weighted by atomic mass is 10.1. The van der Waals surface area contributed by atoms with E-state index in [9.17, 15) is 4.79 Å². The number of thioether (sulfide) groups is 1. The molecule has 0 radical (unpaired) electrons. The maximum atomic E-state index is 10.8. The van der Waals surface area contributed by atoms with Crippen LogP contribution in [0.2, 0.25) is 0 Å². The van der Waals surface area contributed by atoms with E-state index in [1.807, 2.05) is 11.4 Å². The monoisotopic (exact) mass is 280 g/mol. The van der Waals surface area contributed by atoms with E-state index in [2.05, 4.69) is 9.97 Å². The van der Waals surface area contributed by atoms with E-state index >= 15 is 0 Å². The number of hydrogen-bond donors (Lipinski definition) is 1. The molecule has 0 amide bonds. The van der Waals surface area contributed by atoms with Crippen molar-refractivity contribution >= 4 is 39.3 Å². The fourth-order valence-electron chi connectivity index (χ4n) is 1.96. The third-order valence-electron chi connectivity index (χ3n) is 3.21. The summed E-state index contributed by atoms with van der Waals surface area (Å²) in [5.41, 5.74) is 0.978. The van der Waals surface area contributed by atoms with Crippen molar-refractivity contribution in [2.45, 2.75) is 24.3 Å². The van der Waals surface area contributed by atoms with E-state index < -0.39 is 5.97 Å². The first-order valence-corrected chi connectivity index (χ1v) is 7.58. The number of thiophene rings is 1. The molecule has 2 aromatic heterocycles. The number of hydrogen-bond acceptors (Lipinski definition) is 5. The van der Waals surface area contributed by atoms with Crippen molar-refractivity contribution in [1.29, 1.82) is 0 Å². The van der Waals surface area contributed by atoms with Crippen molar-refractivity contribution in [2.24, 2.45) is 5.41 Å². The van der Waals surface area contributed by atoms with Gasteiger partial charge in [-0.15, -0.1) is 23.1 Å². The van der Waals surface area contributed by atoms with Gasteiger partial charge in [-0.3, -0.25) is 4.79 Å². The molecule has 18 heavy (non-hydrogen) atoms. The van der Waals surface area contributed by atoms with Crippen molar-refractivity contribution in [2.75, 3.05) is 5.75 Å². The van der Waals surface area contributed by atoms with Crippen LogP contribution >= 0.6 is 23.1 Å². The highest BCUT2D eigenvalue weighted by molar-refractivity contribution is 7.99. The molecule has 1 aliphatic rings. The average molecular weight is 280 g/mol. The Balaban J connectivity index is 1.74. The topological polar surface area (TPSA) is 63.1 Å². The highest BCUT2D eigenvalue weighted by Crippen LogP contribution is 2.52. The molecule has 1 N–H and O–H groups in total. The van der Waals surface area contributed by atoms with E-state index in [-0.39, 0.29) is 11.8 Å². The number of carboxylic acid groups (broad SMARTS) is 1. The normalized spacial score (nSPS) is 16.9. The van der Waals surface area contributed by atoms with Gasteiger partial charge in [-0.05, 0) is 29.7 Å². The number of rotatable bonds is 5. The second-order valence-corrected chi connectivity index (χ2v) is 6.55. The molecule has 2 heterocycles. The fraction of sp³-hybridized carbons (Fsp3) is 0.417. The first-order valence-electron chi connectivity index (χ1n) is 5.71. The highest BCUT2D eigenvalue weighted by atomic mass is 32.2. The summed E-state index contributed by atoms with van der Waals surface area (Å²) in [6, 6.07) is 1.98. The van der Waals surface area contributed by atoms with Crippen LogP contribution in [0.4, 0.5) is 0 Å². The number of aliphatic carboxylic acids is 1. The molecule has 6 heteroatoms. The number of nitrogens with zero attached hydrogens (tertiary/aromatic N) is 2. The van der Waals surface area contributed by atoms with Crippen molar-refractivity contribution < 1.29 is 9.90 Å². The summed E-state index contributed by atoms with van der Waals surface area (Å²) in [6.07, 6.45) is 3.89. The molecule has 1 aliphatic carbocycles. The molecule has 0 saturated heterocycles. The molecule has 0 unspecified atom stereocenters. The van der Waals surface area contributed by atoms with Crippen LogP contribution in [0.25, 0.3) is 10.2 Å². The van der Waals surface area contributed by atoms with Crippen LogP contribution in [-0.2, 0) is 4.79 Å². The molecule has 3 rings (SSSR count). The first kappa shape index (κ1) is 11.9. The van der Waals surface area contributed by atoms with Crippen LogP contribution in [0, 0.1) is 5.41 Å². The molecule has 1 fully saturated rings. The van der Waals surface area contributed by atoms with Crippen LogP contribution in [0.15, 0.2) is 22.8 Å². The van der Waals surface area contributed by atoms with Crippen molar-refractivity contribution in [3.63, 3.8) is 0 Å². The summed E-state index contributed by atoms with van der Waals surface area (Å²) < 4.78 is 1.11. The van der Waals surface area contributed by atoms with Gasteiger partial charge < -0.3 is 5.11 Å². The quantitative estimate of drug-likeness (QED) is 0.673. The van der Waals surface area contributed by atoms with Gasteiger partial charge in [0.15, 0.2) is 0 Å². The lowest BCUT2D eigenvalue weighted by Gasteiger charge is -2.11. The van der Waals surface area contributed by atoms with Gasteiger partial charge in [0.25, 0.3) is 0 Å². The third kappa shape index (κ3) is 2.35. The minimum atomic E-state index is -0.697. The zero-order chi connectivity index (χ0) is 12.6. The van der Waals surface area contributed by atoms with E-state index in [4.69, 9.17) is 5.11 Å². The standard InChI is InChI=1S/C12H12N2O2S2/c15-9(16)5-12(2-3-12)6-18-11-10-8(1-4-17-10)13-7-14-11/h1,4,7H,2-3,5-6H2,(H,15,16). The van der Waals surface area contributed by atoms with Crippen molar-refractivity contribution in [3.05, 3.63) is 17.8 Å². The van der Waals surface area contributed by atoms with Crippen LogP contribution in [0.1, 0.15) is 19.3 Å². The lowest BCUT2D eigenvalue weighted by molar-refractivity contribution is -0.138. The summed E-state index contributed by atoms with van der Waals surface area (Å²) in [5.74, 6) is 0.139. The maximum Gasteiger partial charge on any atom is 0.303 e. The Morgan fingerprint density at radius 1 is 1.50 bits per heavy atom. The summed E-state index contributed by atoms with van der Waals surface area (Å²) in [4.78, 5) is 19.3. The van der Waals surface area contributed by atoms with Crippen LogP contribution in [0.3, 0.4) is 0 Å².